The van der Waals surface area contributed by atoms with Gasteiger partial charge in [-0.1, -0.05) is 35.9 Å². The van der Waals surface area contributed by atoms with Crippen molar-refractivity contribution in [1.82, 2.24) is 4.98 Å². The van der Waals surface area contributed by atoms with Crippen molar-refractivity contribution in [3.8, 4) is 5.75 Å². The number of nitrogens with one attached hydrogen (secondary N) is 1. The second-order valence-corrected chi connectivity index (χ2v) is 7.73. The number of aromatic nitrogens is 1. The van der Waals surface area contributed by atoms with Crippen LogP contribution >= 0.6 is 11.3 Å². The molecule has 0 bridgehead atoms. The summed E-state index contributed by atoms with van der Waals surface area (Å²) in [6, 6.07) is 10.9. The van der Waals surface area contributed by atoms with E-state index in [-0.39, 0.29) is 12.5 Å². The Hall–Kier alpha value is -2.87. The van der Waals surface area contributed by atoms with Gasteiger partial charge in [-0.15, -0.1) is 11.3 Å². The molecular formula is C21H19F3N2O2S. The number of rotatable bonds is 6. The highest BCUT2D eigenvalue weighted by Crippen LogP contribution is 2.30. The van der Waals surface area contributed by atoms with E-state index < -0.39 is 11.7 Å². The van der Waals surface area contributed by atoms with Crippen LogP contribution in [0.2, 0.25) is 0 Å². The van der Waals surface area contributed by atoms with Crippen LogP contribution in [-0.2, 0) is 17.4 Å². The van der Waals surface area contributed by atoms with E-state index in [0.29, 0.717) is 22.9 Å². The fraction of sp³-hybridized carbons (Fsp3) is 0.238. The van der Waals surface area contributed by atoms with Crippen molar-refractivity contribution in [2.75, 3.05) is 11.9 Å². The highest BCUT2D eigenvalue weighted by molar-refractivity contribution is 7.15. The Balaban J connectivity index is 1.57. The van der Waals surface area contributed by atoms with Crippen molar-refractivity contribution in [1.29, 1.82) is 0 Å². The number of carbonyl (C=O) groups is 1. The molecule has 3 rings (SSSR count). The number of nitrogens with zero attached hydrogens (tertiary/aromatic N) is 1. The molecule has 0 saturated carbocycles. The maximum absolute atomic E-state index is 12.8. The van der Waals surface area contributed by atoms with Gasteiger partial charge in [0, 0.05) is 17.5 Å². The molecule has 152 valence electrons. The van der Waals surface area contributed by atoms with E-state index in [1.165, 1.54) is 17.4 Å². The van der Waals surface area contributed by atoms with Crippen LogP contribution in [0.3, 0.4) is 0 Å². The van der Waals surface area contributed by atoms with Crippen LogP contribution in [0.15, 0.2) is 48.7 Å². The van der Waals surface area contributed by atoms with Gasteiger partial charge in [0.05, 0.1) is 5.56 Å². The Kier molecular flexibility index (Phi) is 6.22. The minimum Gasteiger partial charge on any atom is -0.483 e. The lowest BCUT2D eigenvalue weighted by atomic mass is 10.1. The molecule has 0 aliphatic carbocycles. The van der Waals surface area contributed by atoms with Gasteiger partial charge >= 0.3 is 6.18 Å². The zero-order valence-electron chi connectivity index (χ0n) is 15.8. The van der Waals surface area contributed by atoms with Gasteiger partial charge in [0.25, 0.3) is 5.91 Å². The second-order valence-electron chi connectivity index (χ2n) is 6.61. The highest BCUT2D eigenvalue weighted by atomic mass is 32.1. The quantitative estimate of drug-likeness (QED) is 0.582. The Morgan fingerprint density at radius 2 is 1.97 bits per heavy atom. The molecule has 29 heavy (non-hydrogen) atoms. The number of aryl methyl sites for hydroxylation is 2. The average Bonchev–Trinajstić information content (AvgIpc) is 3.07. The Morgan fingerprint density at radius 1 is 1.17 bits per heavy atom. The average molecular weight is 420 g/mol. The Labute approximate surface area is 170 Å². The SMILES string of the molecule is Cc1ccc(OCC(=O)Nc2ncc(Cc3cccc(C(F)(F)F)c3)s2)c(C)c1. The molecule has 0 radical (unpaired) electrons. The van der Waals surface area contributed by atoms with Crippen LogP contribution in [0.4, 0.5) is 18.3 Å². The molecule has 0 fully saturated rings. The fourth-order valence-corrected chi connectivity index (χ4v) is 3.63. The number of ether oxygens (including phenoxy) is 1. The maximum Gasteiger partial charge on any atom is 0.416 e. The molecule has 0 unspecified atom stereocenters. The maximum atomic E-state index is 12.8. The first kappa shape index (κ1) is 20.9. The van der Waals surface area contributed by atoms with Crippen molar-refractivity contribution >= 4 is 22.4 Å². The number of alkyl halides is 3. The number of hydrogen-bond donors (Lipinski definition) is 1. The molecule has 3 aromatic rings. The summed E-state index contributed by atoms with van der Waals surface area (Å²) in [5.41, 5.74) is 1.89. The minimum atomic E-state index is -4.38. The summed E-state index contributed by atoms with van der Waals surface area (Å²) in [7, 11) is 0. The van der Waals surface area contributed by atoms with E-state index in [1.807, 2.05) is 32.0 Å². The molecule has 0 spiro atoms. The first-order valence-electron chi connectivity index (χ1n) is 8.81. The lowest BCUT2D eigenvalue weighted by Gasteiger charge is -2.09. The van der Waals surface area contributed by atoms with E-state index in [0.717, 1.165) is 28.1 Å². The van der Waals surface area contributed by atoms with Crippen molar-refractivity contribution in [2.24, 2.45) is 0 Å². The number of hydrogen-bond acceptors (Lipinski definition) is 4. The molecular weight excluding hydrogens is 401 g/mol. The minimum absolute atomic E-state index is 0.160. The largest absolute Gasteiger partial charge is 0.483 e. The molecule has 1 N–H and O–H groups in total. The van der Waals surface area contributed by atoms with E-state index >= 15 is 0 Å². The third-order valence-corrected chi connectivity index (χ3v) is 5.03. The molecule has 0 saturated heterocycles. The predicted octanol–water partition coefficient (Wildman–Crippen LogP) is 5.39. The summed E-state index contributed by atoms with van der Waals surface area (Å²) < 4.78 is 44.0. The molecule has 0 aliphatic heterocycles. The normalized spacial score (nSPS) is 11.3. The van der Waals surface area contributed by atoms with Gasteiger partial charge in [-0.3, -0.25) is 10.1 Å². The van der Waals surface area contributed by atoms with E-state index in [1.54, 1.807) is 12.3 Å². The number of benzene rings is 2. The third kappa shape index (κ3) is 5.80. The molecule has 0 aliphatic rings. The van der Waals surface area contributed by atoms with E-state index in [2.05, 4.69) is 10.3 Å². The zero-order chi connectivity index (χ0) is 21.0. The topological polar surface area (TPSA) is 51.2 Å². The first-order chi connectivity index (χ1) is 13.7. The number of carbonyl (C=O) groups excluding carboxylic acids is 1. The van der Waals surface area contributed by atoms with Crippen molar-refractivity contribution in [2.45, 2.75) is 26.4 Å². The smallest absolute Gasteiger partial charge is 0.416 e. The van der Waals surface area contributed by atoms with Gasteiger partial charge in [0.2, 0.25) is 0 Å². The molecule has 1 aromatic heterocycles. The fourth-order valence-electron chi connectivity index (χ4n) is 2.77. The van der Waals surface area contributed by atoms with Gasteiger partial charge in [-0.05, 0) is 37.1 Å². The van der Waals surface area contributed by atoms with Crippen LogP contribution in [0, 0.1) is 13.8 Å². The third-order valence-electron chi connectivity index (χ3n) is 4.12. The summed E-state index contributed by atoms with van der Waals surface area (Å²) >= 11 is 1.22. The van der Waals surface area contributed by atoms with Crippen LogP contribution in [0.25, 0.3) is 0 Å². The number of halogens is 3. The molecule has 4 nitrogen and oxygen atoms in total. The monoisotopic (exact) mass is 420 g/mol. The van der Waals surface area contributed by atoms with Crippen LogP contribution in [0.5, 0.6) is 5.75 Å². The van der Waals surface area contributed by atoms with Crippen LogP contribution in [-0.4, -0.2) is 17.5 Å². The Morgan fingerprint density at radius 3 is 2.69 bits per heavy atom. The summed E-state index contributed by atoms with van der Waals surface area (Å²) in [5.74, 6) is 0.278. The molecule has 2 aromatic carbocycles. The summed E-state index contributed by atoms with van der Waals surface area (Å²) in [5, 5.41) is 3.02. The zero-order valence-corrected chi connectivity index (χ0v) is 16.7. The lowest BCUT2D eigenvalue weighted by molar-refractivity contribution is -0.137. The predicted molar refractivity (Wildman–Crippen MR) is 106 cm³/mol. The van der Waals surface area contributed by atoms with E-state index in [4.69, 9.17) is 4.74 Å². The van der Waals surface area contributed by atoms with Gasteiger partial charge in [-0.2, -0.15) is 13.2 Å². The number of amides is 1. The summed E-state index contributed by atoms with van der Waals surface area (Å²) in [6.07, 6.45) is -2.53. The van der Waals surface area contributed by atoms with Crippen LogP contribution < -0.4 is 10.1 Å². The van der Waals surface area contributed by atoms with Gasteiger partial charge < -0.3 is 4.74 Å². The molecule has 1 amide bonds. The molecule has 1 heterocycles. The first-order valence-corrected chi connectivity index (χ1v) is 9.63. The van der Waals surface area contributed by atoms with Gasteiger partial charge in [-0.25, -0.2) is 4.98 Å². The standard InChI is InChI=1S/C21H19F3N2O2S/c1-13-6-7-18(14(2)8-13)28-12-19(27)26-20-25-11-17(29-20)10-15-4-3-5-16(9-15)21(22,23)24/h3-9,11H,10,12H2,1-2H3,(H,25,26,27). The van der Waals surface area contributed by atoms with Crippen LogP contribution in [0.1, 0.15) is 27.1 Å². The van der Waals surface area contributed by atoms with Gasteiger partial charge in [0.15, 0.2) is 11.7 Å². The Bertz CT molecular complexity index is 1020. The molecule has 8 heteroatoms. The summed E-state index contributed by atoms with van der Waals surface area (Å²) in [6.45, 7) is 3.72. The van der Waals surface area contributed by atoms with Crippen molar-refractivity contribution in [3.05, 3.63) is 75.8 Å². The second kappa shape index (κ2) is 8.65. The number of thiazole rings is 1. The summed E-state index contributed by atoms with van der Waals surface area (Å²) in [4.78, 5) is 17.0. The lowest BCUT2D eigenvalue weighted by Crippen LogP contribution is -2.20. The molecule has 0 atom stereocenters. The van der Waals surface area contributed by atoms with Crippen molar-refractivity contribution in [3.63, 3.8) is 0 Å². The van der Waals surface area contributed by atoms with Gasteiger partial charge in [0.1, 0.15) is 5.75 Å². The van der Waals surface area contributed by atoms with E-state index in [9.17, 15) is 18.0 Å². The number of anilines is 1. The highest BCUT2D eigenvalue weighted by Gasteiger charge is 2.30. The van der Waals surface area contributed by atoms with Crippen molar-refractivity contribution < 1.29 is 22.7 Å².